The number of ether oxygens (including phenoxy) is 1. The molecule has 0 radical (unpaired) electrons. The van der Waals surface area contributed by atoms with Crippen molar-refractivity contribution < 1.29 is 55.4 Å². The van der Waals surface area contributed by atoms with Crippen molar-refractivity contribution in [2.24, 2.45) is 17.9 Å². The molecule has 1 saturated heterocycles. The maximum atomic E-state index is 15.1. The molecule has 3 aromatic rings. The van der Waals surface area contributed by atoms with Gasteiger partial charge >= 0.3 is 16.4 Å². The molecule has 18 nitrogen and oxygen atoms in total. The van der Waals surface area contributed by atoms with Crippen molar-refractivity contribution in [2.45, 2.75) is 50.9 Å². The number of carbonyl (C=O) groups is 3. The fourth-order valence-electron chi connectivity index (χ4n) is 4.51. The average molecular weight is 714 g/mol. The predicted octanol–water partition coefficient (Wildman–Crippen LogP) is -0.0108. The summed E-state index contributed by atoms with van der Waals surface area (Å²) in [5, 5.41) is 17.7. The first-order valence-electron chi connectivity index (χ1n) is 14.1. The van der Waals surface area contributed by atoms with Gasteiger partial charge in [0.25, 0.3) is 17.4 Å². The molecule has 0 spiro atoms. The van der Waals surface area contributed by atoms with Gasteiger partial charge in [0.2, 0.25) is 6.20 Å². The number of aryl methyl sites for hydroxylation is 2. The number of nitrogens with zero attached hydrogens (tertiary/aromatic N) is 5. The van der Waals surface area contributed by atoms with E-state index in [0.717, 1.165) is 30.7 Å². The van der Waals surface area contributed by atoms with E-state index >= 15 is 4.39 Å². The third-order valence-electron chi connectivity index (χ3n) is 7.27. The number of carbonyl (C=O) groups excluding carboxylic acids is 2. The van der Waals surface area contributed by atoms with Crippen LogP contribution in [0, 0.1) is 5.82 Å². The van der Waals surface area contributed by atoms with Crippen LogP contribution in [0.25, 0.3) is 11.1 Å². The van der Waals surface area contributed by atoms with Gasteiger partial charge in [-0.15, -0.1) is 20.3 Å². The highest BCUT2D eigenvalue weighted by Crippen LogP contribution is 2.33. The molecule has 1 aromatic carbocycles. The van der Waals surface area contributed by atoms with E-state index in [0.29, 0.717) is 23.7 Å². The number of carboxylic acid groups (broad SMARTS) is 1. The number of carboxylic acids is 1. The van der Waals surface area contributed by atoms with Crippen molar-refractivity contribution in [3.05, 3.63) is 47.5 Å². The van der Waals surface area contributed by atoms with Gasteiger partial charge in [0, 0.05) is 17.0 Å². The van der Waals surface area contributed by atoms with Gasteiger partial charge < -0.3 is 31.5 Å². The summed E-state index contributed by atoms with van der Waals surface area (Å²) in [6.45, 7) is 4.23. The number of nitrogen functional groups attached to an aromatic ring is 1. The fourth-order valence-corrected chi connectivity index (χ4v) is 5.51. The van der Waals surface area contributed by atoms with Gasteiger partial charge in [-0.1, -0.05) is 5.16 Å². The van der Waals surface area contributed by atoms with Crippen LogP contribution in [0.5, 0.6) is 5.75 Å². The summed E-state index contributed by atoms with van der Waals surface area (Å²) >= 11 is 0.926. The quantitative estimate of drug-likeness (QED) is 0.0457. The van der Waals surface area contributed by atoms with Crippen LogP contribution in [0.1, 0.15) is 32.9 Å². The van der Waals surface area contributed by atoms with Crippen LogP contribution in [0.4, 0.5) is 9.52 Å². The standard InChI is InChI=1S/C27H33FN8O10S2/c1-26(2)21(23(38)36(26)46-48(41,42)43)32-22(37)20(19-13-47-25(30)31-19)33-45-27(3,24(39)40)14-44-16-6-7-17(18(28)10-16)15-11-34(4)35(12-15)9-5-8-29/h6-7,10-13,21H,5,8-9,14,29H2,1-4H3,(H4-,30,31,32,37,39,40,41,42,43)/p+1/b33-20-/t21-,27?/m1/s1. The number of anilines is 1. The van der Waals surface area contributed by atoms with Crippen molar-refractivity contribution >= 4 is 50.4 Å². The summed E-state index contributed by atoms with van der Waals surface area (Å²) < 4.78 is 59.9. The fraction of sp³-hybridized carbons (Fsp3) is 0.407. The number of halogens is 1. The smallest absolute Gasteiger partial charge is 0.418 e. The first kappa shape index (κ1) is 36.1. The van der Waals surface area contributed by atoms with E-state index in [1.165, 1.54) is 31.4 Å². The Bertz CT molecular complexity index is 1860. The summed E-state index contributed by atoms with van der Waals surface area (Å²) in [4.78, 5) is 47.4. The van der Waals surface area contributed by atoms with E-state index in [9.17, 15) is 27.9 Å². The van der Waals surface area contributed by atoms with Crippen LogP contribution in [0.3, 0.4) is 0 Å². The Morgan fingerprint density at radius 1 is 1.33 bits per heavy atom. The van der Waals surface area contributed by atoms with Gasteiger partial charge in [-0.25, -0.2) is 14.2 Å². The number of oxime groups is 1. The molecule has 2 aromatic heterocycles. The Morgan fingerprint density at radius 2 is 2.04 bits per heavy atom. The second kappa shape index (κ2) is 13.8. The zero-order valence-corrected chi connectivity index (χ0v) is 27.7. The SMILES string of the molecule is C[n+]1cc(-c2ccc(OCC(C)(O/N=C(\C(=O)N[C@@H]3C(=O)N(OS(=O)(=O)O)C3(C)C)c3csc(N)n3)C(=O)O)cc2F)cn1CCCN. The average Bonchev–Trinajstić information content (AvgIpc) is 3.60. The van der Waals surface area contributed by atoms with Gasteiger partial charge in [0.15, 0.2) is 17.9 Å². The molecular formula is C27H34FN8O10S2+. The number of amides is 2. The van der Waals surface area contributed by atoms with E-state index in [4.69, 9.17) is 25.6 Å². The van der Waals surface area contributed by atoms with Crippen LogP contribution < -0.4 is 26.2 Å². The van der Waals surface area contributed by atoms with Crippen LogP contribution >= 0.6 is 11.3 Å². The van der Waals surface area contributed by atoms with E-state index < -0.39 is 63.5 Å². The van der Waals surface area contributed by atoms with Crippen LogP contribution in [-0.2, 0) is 47.5 Å². The monoisotopic (exact) mass is 713 g/mol. The van der Waals surface area contributed by atoms with Crippen LogP contribution in [0.15, 0.2) is 41.1 Å². The van der Waals surface area contributed by atoms with Gasteiger partial charge in [0.05, 0.1) is 23.8 Å². The molecule has 3 heterocycles. The van der Waals surface area contributed by atoms with E-state index in [1.807, 2.05) is 11.7 Å². The highest BCUT2D eigenvalue weighted by atomic mass is 32.3. The number of nitrogens with two attached hydrogens (primary N) is 2. The summed E-state index contributed by atoms with van der Waals surface area (Å²) in [5.41, 5.74) is 7.74. The Balaban J connectivity index is 1.51. The molecule has 1 fully saturated rings. The molecule has 0 saturated carbocycles. The third-order valence-corrected chi connectivity index (χ3v) is 8.28. The topological polar surface area (TPSA) is 255 Å². The Labute approximate surface area is 277 Å². The number of aliphatic carboxylic acids is 1. The molecule has 7 N–H and O–H groups in total. The molecule has 4 rings (SSSR count). The molecule has 0 aliphatic carbocycles. The zero-order valence-electron chi connectivity index (χ0n) is 26.1. The summed E-state index contributed by atoms with van der Waals surface area (Å²) in [7, 11) is -3.23. The van der Waals surface area contributed by atoms with Crippen LogP contribution in [0.2, 0.25) is 0 Å². The first-order chi connectivity index (χ1) is 22.4. The normalized spacial score (nSPS) is 17.4. The maximum Gasteiger partial charge on any atom is 0.418 e. The van der Waals surface area contributed by atoms with Gasteiger partial charge in [-0.3, -0.25) is 14.1 Å². The number of hydrogen-bond donors (Lipinski definition) is 5. The molecule has 48 heavy (non-hydrogen) atoms. The molecule has 2 atom stereocenters. The lowest BCUT2D eigenvalue weighted by atomic mass is 9.84. The number of aromatic nitrogens is 3. The summed E-state index contributed by atoms with van der Waals surface area (Å²) in [6, 6.07) is 2.64. The van der Waals surface area contributed by atoms with Crippen molar-refractivity contribution in [3.8, 4) is 16.9 Å². The number of β-lactam (4-membered cyclic amide) rings is 1. The second-order valence-corrected chi connectivity index (χ2v) is 13.3. The Kier molecular flexibility index (Phi) is 10.4. The number of hydroxylamine groups is 2. The van der Waals surface area contributed by atoms with Crippen molar-refractivity contribution in [3.63, 3.8) is 0 Å². The number of rotatable bonds is 15. The van der Waals surface area contributed by atoms with Crippen molar-refractivity contribution in [1.29, 1.82) is 0 Å². The molecule has 1 unspecified atom stereocenters. The Morgan fingerprint density at radius 3 is 2.60 bits per heavy atom. The first-order valence-corrected chi connectivity index (χ1v) is 16.3. The van der Waals surface area contributed by atoms with Crippen molar-refractivity contribution in [1.82, 2.24) is 20.0 Å². The minimum atomic E-state index is -5.04. The highest BCUT2D eigenvalue weighted by Gasteiger charge is 2.58. The zero-order chi connectivity index (χ0) is 35.6. The lowest BCUT2D eigenvalue weighted by Crippen LogP contribution is -2.76. The molecule has 260 valence electrons. The molecule has 2 amide bonds. The summed E-state index contributed by atoms with van der Waals surface area (Å²) in [5.74, 6) is -4.30. The Hall–Kier alpha value is -4.70. The van der Waals surface area contributed by atoms with Gasteiger partial charge in [-0.2, -0.15) is 18.2 Å². The number of hydrogen-bond acceptors (Lipinski definition) is 13. The molecule has 1 aliphatic heterocycles. The minimum absolute atomic E-state index is 0.0177. The van der Waals surface area contributed by atoms with E-state index in [1.54, 1.807) is 17.1 Å². The number of nitrogens with one attached hydrogen (secondary N) is 1. The molecular weight excluding hydrogens is 679 g/mol. The lowest BCUT2D eigenvalue weighted by Gasteiger charge is -2.50. The summed E-state index contributed by atoms with van der Waals surface area (Å²) in [6.07, 6.45) is 4.26. The second-order valence-electron chi connectivity index (χ2n) is 11.4. The minimum Gasteiger partial charge on any atom is -0.489 e. The van der Waals surface area contributed by atoms with Crippen LogP contribution in [-0.4, -0.2) is 86.6 Å². The maximum absolute atomic E-state index is 15.1. The van der Waals surface area contributed by atoms with Gasteiger partial charge in [0.1, 0.15) is 29.9 Å². The van der Waals surface area contributed by atoms with Crippen molar-refractivity contribution in [2.75, 3.05) is 18.9 Å². The largest absolute Gasteiger partial charge is 0.489 e. The molecule has 21 heteroatoms. The highest BCUT2D eigenvalue weighted by molar-refractivity contribution is 7.80. The third kappa shape index (κ3) is 7.87. The number of thiazole rings is 1. The van der Waals surface area contributed by atoms with E-state index in [2.05, 4.69) is 19.7 Å². The lowest BCUT2D eigenvalue weighted by molar-refractivity contribution is -0.753. The molecule has 0 bridgehead atoms. The molecule has 1 aliphatic rings. The van der Waals surface area contributed by atoms with Gasteiger partial charge in [-0.05, 0) is 45.9 Å². The predicted molar refractivity (Wildman–Crippen MR) is 166 cm³/mol. The number of benzene rings is 1. The van der Waals surface area contributed by atoms with E-state index in [-0.39, 0.29) is 22.1 Å².